The van der Waals surface area contributed by atoms with E-state index in [1.165, 1.54) is 19.2 Å². The Morgan fingerprint density at radius 3 is 2.06 bits per heavy atom. The Kier molecular flexibility index (Phi) is 3.92. The average molecular weight is 240 g/mol. The van der Waals surface area contributed by atoms with Crippen molar-refractivity contribution >= 4 is 11.9 Å². The summed E-state index contributed by atoms with van der Waals surface area (Å²) < 4.78 is 8.83. The number of benzene rings is 1. The number of esters is 2. The monoisotopic (exact) mass is 240 g/mol. The minimum atomic E-state index is -0.857. The first-order valence-corrected chi connectivity index (χ1v) is 4.69. The summed E-state index contributed by atoms with van der Waals surface area (Å²) >= 11 is 0. The van der Waals surface area contributed by atoms with Gasteiger partial charge in [-0.05, 0) is 17.7 Å². The molecule has 0 aliphatic carbocycles. The van der Waals surface area contributed by atoms with Crippen LogP contribution in [0.25, 0.3) is 0 Å². The van der Waals surface area contributed by atoms with E-state index in [1.54, 1.807) is 0 Å². The number of ether oxygens (including phenoxy) is 2. The molecule has 92 valence electrons. The molecule has 0 fully saturated rings. The van der Waals surface area contributed by atoms with Crippen LogP contribution in [0.4, 0.5) is 0 Å². The fraction of sp³-hybridized carbons (Fsp3) is 0.273. The molecule has 0 saturated heterocycles. The lowest BCUT2D eigenvalue weighted by molar-refractivity contribution is -0.139. The molecule has 0 aliphatic heterocycles. The van der Waals surface area contributed by atoms with Crippen molar-refractivity contribution < 1.29 is 29.3 Å². The standard InChI is InChI=1S/C11H12O6/c1-16-9(14)5-6-3-7(12)10(8(13)4-6)11(15)17-2/h3-4,12-13H,5H2,1-2H3. The summed E-state index contributed by atoms with van der Waals surface area (Å²) in [7, 11) is 2.36. The highest BCUT2D eigenvalue weighted by atomic mass is 16.5. The Morgan fingerprint density at radius 1 is 1.12 bits per heavy atom. The summed E-state index contributed by atoms with van der Waals surface area (Å²) in [5.41, 5.74) is 0.000573. The lowest BCUT2D eigenvalue weighted by Gasteiger charge is -2.07. The molecule has 0 amide bonds. The molecule has 17 heavy (non-hydrogen) atoms. The number of phenols is 2. The minimum Gasteiger partial charge on any atom is -0.507 e. The van der Waals surface area contributed by atoms with Crippen molar-refractivity contribution in [2.45, 2.75) is 6.42 Å². The highest BCUT2D eigenvalue weighted by Gasteiger charge is 2.19. The summed E-state index contributed by atoms with van der Waals surface area (Å²) in [5, 5.41) is 19.1. The zero-order chi connectivity index (χ0) is 13.0. The van der Waals surface area contributed by atoms with E-state index in [2.05, 4.69) is 9.47 Å². The van der Waals surface area contributed by atoms with E-state index in [1.807, 2.05) is 0 Å². The van der Waals surface area contributed by atoms with E-state index in [9.17, 15) is 19.8 Å². The predicted octanol–water partition coefficient (Wildman–Crippen LogP) is 0.600. The highest BCUT2D eigenvalue weighted by Crippen LogP contribution is 2.29. The predicted molar refractivity (Wildman–Crippen MR) is 56.8 cm³/mol. The molecule has 1 rings (SSSR count). The number of aromatic hydroxyl groups is 2. The molecular weight excluding hydrogens is 228 g/mol. The molecule has 0 spiro atoms. The van der Waals surface area contributed by atoms with Gasteiger partial charge in [0.25, 0.3) is 0 Å². The third-order valence-corrected chi connectivity index (χ3v) is 2.12. The van der Waals surface area contributed by atoms with Gasteiger partial charge in [0.05, 0.1) is 20.6 Å². The molecule has 0 heterocycles. The van der Waals surface area contributed by atoms with Gasteiger partial charge in [0.1, 0.15) is 17.1 Å². The SMILES string of the molecule is COC(=O)Cc1cc(O)c(C(=O)OC)c(O)c1. The Labute approximate surface area is 97.4 Å². The van der Waals surface area contributed by atoms with Crippen molar-refractivity contribution in [2.75, 3.05) is 14.2 Å². The highest BCUT2D eigenvalue weighted by molar-refractivity contribution is 5.95. The first-order chi connectivity index (χ1) is 7.99. The molecule has 0 aromatic heterocycles. The number of carbonyl (C=O) groups excluding carboxylic acids is 2. The van der Waals surface area contributed by atoms with Gasteiger partial charge in [-0.3, -0.25) is 4.79 Å². The Hall–Kier alpha value is -2.24. The molecule has 0 aliphatic rings. The number of phenolic OH excluding ortho intramolecular Hbond substituents is 2. The van der Waals surface area contributed by atoms with E-state index in [0.717, 1.165) is 7.11 Å². The summed E-state index contributed by atoms with van der Waals surface area (Å²) in [6.07, 6.45) is -0.112. The number of methoxy groups -OCH3 is 2. The topological polar surface area (TPSA) is 93.1 Å². The third kappa shape index (κ3) is 2.87. The quantitative estimate of drug-likeness (QED) is 0.751. The van der Waals surface area contributed by atoms with Crippen molar-refractivity contribution in [2.24, 2.45) is 0 Å². The van der Waals surface area contributed by atoms with Crippen molar-refractivity contribution in [3.05, 3.63) is 23.3 Å². The smallest absolute Gasteiger partial charge is 0.345 e. The maximum atomic E-state index is 11.2. The molecule has 6 heteroatoms. The summed E-state index contributed by atoms with van der Waals surface area (Å²) in [6.45, 7) is 0. The van der Waals surface area contributed by atoms with Crippen molar-refractivity contribution in [1.29, 1.82) is 0 Å². The van der Waals surface area contributed by atoms with Crippen LogP contribution in [0.3, 0.4) is 0 Å². The second-order valence-corrected chi connectivity index (χ2v) is 3.25. The van der Waals surface area contributed by atoms with Crippen LogP contribution in [0.2, 0.25) is 0 Å². The van der Waals surface area contributed by atoms with Crippen LogP contribution in [-0.2, 0) is 20.7 Å². The van der Waals surface area contributed by atoms with Gasteiger partial charge in [0, 0.05) is 0 Å². The maximum absolute atomic E-state index is 11.2. The Bertz CT molecular complexity index is 428. The Morgan fingerprint density at radius 2 is 1.65 bits per heavy atom. The molecule has 0 radical (unpaired) electrons. The summed E-state index contributed by atoms with van der Waals surface area (Å²) in [6, 6.07) is 2.39. The van der Waals surface area contributed by atoms with Crippen LogP contribution in [-0.4, -0.2) is 36.4 Å². The van der Waals surface area contributed by atoms with Crippen LogP contribution in [0.1, 0.15) is 15.9 Å². The van der Waals surface area contributed by atoms with Gasteiger partial charge in [0.2, 0.25) is 0 Å². The second-order valence-electron chi connectivity index (χ2n) is 3.25. The zero-order valence-corrected chi connectivity index (χ0v) is 9.39. The molecule has 6 nitrogen and oxygen atoms in total. The molecule has 0 unspecified atom stereocenters. The van der Waals surface area contributed by atoms with Crippen molar-refractivity contribution in [3.63, 3.8) is 0 Å². The molecule has 2 N–H and O–H groups in total. The number of hydrogen-bond donors (Lipinski definition) is 2. The Balaban J connectivity index is 3.09. The van der Waals surface area contributed by atoms with Crippen LogP contribution < -0.4 is 0 Å². The maximum Gasteiger partial charge on any atom is 0.345 e. The second kappa shape index (κ2) is 5.20. The van der Waals surface area contributed by atoms with Gasteiger partial charge in [0.15, 0.2) is 0 Å². The summed E-state index contributed by atoms with van der Waals surface area (Å²) in [5.74, 6) is -2.27. The average Bonchev–Trinajstić information content (AvgIpc) is 2.27. The lowest BCUT2D eigenvalue weighted by atomic mass is 10.1. The number of rotatable bonds is 3. The van der Waals surface area contributed by atoms with Crippen molar-refractivity contribution in [3.8, 4) is 11.5 Å². The fourth-order valence-electron chi connectivity index (χ4n) is 1.32. The number of carbonyl (C=O) groups is 2. The van der Waals surface area contributed by atoms with E-state index in [4.69, 9.17) is 0 Å². The van der Waals surface area contributed by atoms with E-state index < -0.39 is 23.4 Å². The molecule has 1 aromatic carbocycles. The minimum absolute atomic E-state index is 0.112. The van der Waals surface area contributed by atoms with Crippen LogP contribution >= 0.6 is 0 Å². The fourth-order valence-corrected chi connectivity index (χ4v) is 1.32. The van der Waals surface area contributed by atoms with Gasteiger partial charge in [-0.25, -0.2) is 4.79 Å². The van der Waals surface area contributed by atoms with Crippen molar-refractivity contribution in [1.82, 2.24) is 0 Å². The zero-order valence-electron chi connectivity index (χ0n) is 9.39. The third-order valence-electron chi connectivity index (χ3n) is 2.12. The van der Waals surface area contributed by atoms with Crippen LogP contribution in [0.15, 0.2) is 12.1 Å². The normalized spacial score (nSPS) is 9.76. The largest absolute Gasteiger partial charge is 0.507 e. The van der Waals surface area contributed by atoms with Crippen LogP contribution in [0, 0.1) is 0 Å². The van der Waals surface area contributed by atoms with Gasteiger partial charge in [-0.1, -0.05) is 0 Å². The van der Waals surface area contributed by atoms with E-state index >= 15 is 0 Å². The summed E-state index contributed by atoms with van der Waals surface area (Å²) in [4.78, 5) is 22.2. The van der Waals surface area contributed by atoms with Crippen LogP contribution in [0.5, 0.6) is 11.5 Å². The number of hydrogen-bond acceptors (Lipinski definition) is 6. The molecule has 0 saturated carbocycles. The van der Waals surface area contributed by atoms with E-state index in [-0.39, 0.29) is 12.0 Å². The van der Waals surface area contributed by atoms with E-state index in [0.29, 0.717) is 5.56 Å². The molecule has 1 aromatic rings. The van der Waals surface area contributed by atoms with Gasteiger partial charge >= 0.3 is 11.9 Å². The molecular formula is C11H12O6. The van der Waals surface area contributed by atoms with Gasteiger partial charge in [-0.15, -0.1) is 0 Å². The molecule has 0 bridgehead atoms. The lowest BCUT2D eigenvalue weighted by Crippen LogP contribution is -2.06. The first-order valence-electron chi connectivity index (χ1n) is 4.69. The van der Waals surface area contributed by atoms with Gasteiger partial charge < -0.3 is 19.7 Å². The first kappa shape index (κ1) is 12.8. The molecule has 0 atom stereocenters. The van der Waals surface area contributed by atoms with Gasteiger partial charge in [-0.2, -0.15) is 0 Å².